The molecule has 0 aliphatic heterocycles. The summed E-state index contributed by atoms with van der Waals surface area (Å²) < 4.78 is 39.2. The summed E-state index contributed by atoms with van der Waals surface area (Å²) in [5.41, 5.74) is -0.777. The van der Waals surface area contributed by atoms with Gasteiger partial charge in [0.1, 0.15) is 10.7 Å². The SMILES string of the molecule is O=S(=O)(NC1(CO)CC1)c1ccccc1F. The zero-order chi connectivity index (χ0) is 11.8. The first-order chi connectivity index (χ1) is 7.49. The van der Waals surface area contributed by atoms with E-state index in [1.165, 1.54) is 18.2 Å². The lowest BCUT2D eigenvalue weighted by atomic mass is 10.3. The van der Waals surface area contributed by atoms with E-state index < -0.39 is 21.4 Å². The van der Waals surface area contributed by atoms with Crippen LogP contribution >= 0.6 is 0 Å². The molecule has 0 spiro atoms. The Kier molecular flexibility index (Phi) is 2.73. The molecule has 0 radical (unpaired) electrons. The second kappa shape index (κ2) is 3.80. The van der Waals surface area contributed by atoms with Crippen LogP contribution < -0.4 is 4.72 Å². The number of aliphatic hydroxyl groups excluding tert-OH is 1. The quantitative estimate of drug-likeness (QED) is 0.817. The van der Waals surface area contributed by atoms with Gasteiger partial charge in [-0.1, -0.05) is 12.1 Å². The van der Waals surface area contributed by atoms with E-state index in [0.717, 1.165) is 6.07 Å². The van der Waals surface area contributed by atoms with Crippen molar-refractivity contribution >= 4 is 10.0 Å². The zero-order valence-electron chi connectivity index (χ0n) is 8.48. The lowest BCUT2D eigenvalue weighted by molar-refractivity contribution is 0.246. The fourth-order valence-corrected chi connectivity index (χ4v) is 2.98. The Labute approximate surface area is 93.2 Å². The number of aliphatic hydroxyl groups is 1. The highest BCUT2D eigenvalue weighted by molar-refractivity contribution is 7.89. The number of nitrogens with one attached hydrogen (secondary N) is 1. The van der Waals surface area contributed by atoms with E-state index in [1.807, 2.05) is 0 Å². The Morgan fingerprint density at radius 3 is 2.50 bits per heavy atom. The minimum absolute atomic E-state index is 0.263. The summed E-state index contributed by atoms with van der Waals surface area (Å²) in [5, 5.41) is 9.02. The van der Waals surface area contributed by atoms with Crippen molar-refractivity contribution in [1.82, 2.24) is 4.72 Å². The molecule has 0 heterocycles. The third-order valence-corrected chi connectivity index (χ3v) is 4.25. The average molecular weight is 245 g/mol. The van der Waals surface area contributed by atoms with E-state index >= 15 is 0 Å². The topological polar surface area (TPSA) is 66.4 Å². The largest absolute Gasteiger partial charge is 0.394 e. The first kappa shape index (κ1) is 11.5. The maximum atomic E-state index is 13.3. The van der Waals surface area contributed by atoms with Gasteiger partial charge in [-0.2, -0.15) is 0 Å². The molecule has 1 aromatic carbocycles. The molecule has 0 amide bonds. The number of halogens is 1. The van der Waals surface area contributed by atoms with Crippen LogP contribution in [0.5, 0.6) is 0 Å². The summed E-state index contributed by atoms with van der Waals surface area (Å²) in [7, 11) is -3.88. The molecule has 1 aliphatic carbocycles. The molecule has 4 nitrogen and oxygen atoms in total. The highest BCUT2D eigenvalue weighted by Crippen LogP contribution is 2.36. The average Bonchev–Trinajstić information content (AvgIpc) is 2.98. The molecule has 1 fully saturated rings. The molecule has 1 aliphatic rings. The number of benzene rings is 1. The monoisotopic (exact) mass is 245 g/mol. The van der Waals surface area contributed by atoms with Crippen LogP contribution in [-0.4, -0.2) is 25.7 Å². The molecule has 0 saturated heterocycles. The highest BCUT2D eigenvalue weighted by Gasteiger charge is 2.45. The Morgan fingerprint density at radius 2 is 2.00 bits per heavy atom. The second-order valence-corrected chi connectivity index (χ2v) is 5.63. The van der Waals surface area contributed by atoms with Crippen molar-refractivity contribution in [2.45, 2.75) is 23.3 Å². The first-order valence-electron chi connectivity index (χ1n) is 4.88. The van der Waals surface area contributed by atoms with E-state index in [-0.39, 0.29) is 11.5 Å². The molecule has 2 rings (SSSR count). The van der Waals surface area contributed by atoms with Crippen LogP contribution in [0.3, 0.4) is 0 Å². The van der Waals surface area contributed by atoms with E-state index in [2.05, 4.69) is 4.72 Å². The Hall–Kier alpha value is -0.980. The maximum Gasteiger partial charge on any atom is 0.244 e. The summed E-state index contributed by atoms with van der Waals surface area (Å²) in [6.07, 6.45) is 1.16. The van der Waals surface area contributed by atoms with Crippen LogP contribution in [0.4, 0.5) is 4.39 Å². The number of hydrogen-bond acceptors (Lipinski definition) is 3. The van der Waals surface area contributed by atoms with E-state index in [4.69, 9.17) is 5.11 Å². The summed E-state index contributed by atoms with van der Waals surface area (Å²) in [5.74, 6) is -0.788. The minimum Gasteiger partial charge on any atom is -0.394 e. The van der Waals surface area contributed by atoms with E-state index in [1.54, 1.807) is 0 Å². The third kappa shape index (κ3) is 2.09. The minimum atomic E-state index is -3.88. The number of rotatable bonds is 4. The third-order valence-electron chi connectivity index (χ3n) is 2.63. The predicted molar refractivity (Wildman–Crippen MR) is 55.8 cm³/mol. The lowest BCUT2D eigenvalue weighted by Gasteiger charge is -2.14. The summed E-state index contributed by atoms with van der Waals surface area (Å²) >= 11 is 0. The summed E-state index contributed by atoms with van der Waals surface area (Å²) in [4.78, 5) is -0.380. The van der Waals surface area contributed by atoms with Gasteiger partial charge in [-0.3, -0.25) is 0 Å². The molecule has 16 heavy (non-hydrogen) atoms. The lowest BCUT2D eigenvalue weighted by Crippen LogP contribution is -2.39. The van der Waals surface area contributed by atoms with Crippen molar-refractivity contribution in [3.05, 3.63) is 30.1 Å². The van der Waals surface area contributed by atoms with Gasteiger partial charge in [-0.05, 0) is 25.0 Å². The molecule has 1 saturated carbocycles. The fourth-order valence-electron chi connectivity index (χ4n) is 1.45. The molecule has 0 bridgehead atoms. The smallest absolute Gasteiger partial charge is 0.244 e. The van der Waals surface area contributed by atoms with Crippen LogP contribution in [-0.2, 0) is 10.0 Å². The van der Waals surface area contributed by atoms with Gasteiger partial charge >= 0.3 is 0 Å². The molecule has 88 valence electrons. The Balaban J connectivity index is 2.30. The van der Waals surface area contributed by atoms with Gasteiger partial charge in [0.05, 0.1) is 12.1 Å². The van der Waals surface area contributed by atoms with Crippen LogP contribution in [0.2, 0.25) is 0 Å². The van der Waals surface area contributed by atoms with Gasteiger partial charge in [0.2, 0.25) is 10.0 Å². The van der Waals surface area contributed by atoms with Crippen LogP contribution in [0.1, 0.15) is 12.8 Å². The van der Waals surface area contributed by atoms with E-state index in [9.17, 15) is 12.8 Å². The van der Waals surface area contributed by atoms with Crippen molar-refractivity contribution in [2.24, 2.45) is 0 Å². The number of sulfonamides is 1. The summed E-state index contributed by atoms with van der Waals surface area (Å²) in [6, 6.07) is 5.17. The second-order valence-electron chi connectivity index (χ2n) is 3.97. The van der Waals surface area contributed by atoms with Gasteiger partial charge in [0, 0.05) is 0 Å². The highest BCUT2D eigenvalue weighted by atomic mass is 32.2. The van der Waals surface area contributed by atoms with Crippen LogP contribution in [0.15, 0.2) is 29.2 Å². The molecule has 6 heteroatoms. The van der Waals surface area contributed by atoms with Crippen LogP contribution in [0.25, 0.3) is 0 Å². The summed E-state index contributed by atoms with van der Waals surface area (Å²) in [6.45, 7) is -0.263. The Morgan fingerprint density at radius 1 is 1.38 bits per heavy atom. The Bertz CT molecular complexity index is 497. The number of hydrogen-bond donors (Lipinski definition) is 2. The fraction of sp³-hybridized carbons (Fsp3) is 0.400. The normalized spacial score (nSPS) is 18.4. The zero-order valence-corrected chi connectivity index (χ0v) is 9.30. The van der Waals surface area contributed by atoms with Crippen molar-refractivity contribution in [1.29, 1.82) is 0 Å². The molecule has 0 atom stereocenters. The predicted octanol–water partition coefficient (Wildman–Crippen LogP) is 0.629. The molecule has 1 aromatic rings. The van der Waals surface area contributed by atoms with Gasteiger partial charge in [-0.15, -0.1) is 0 Å². The van der Waals surface area contributed by atoms with Gasteiger partial charge in [0.15, 0.2) is 0 Å². The molecule has 2 N–H and O–H groups in total. The van der Waals surface area contributed by atoms with Crippen molar-refractivity contribution < 1.29 is 17.9 Å². The van der Waals surface area contributed by atoms with Gasteiger partial charge in [0.25, 0.3) is 0 Å². The standard InChI is InChI=1S/C10H12FNO3S/c11-8-3-1-2-4-9(8)16(14,15)12-10(7-13)5-6-10/h1-4,12-13H,5-7H2. The van der Waals surface area contributed by atoms with Crippen molar-refractivity contribution in [2.75, 3.05) is 6.61 Å². The molecule has 0 aromatic heterocycles. The molecule has 0 unspecified atom stereocenters. The van der Waals surface area contributed by atoms with Crippen molar-refractivity contribution in [3.8, 4) is 0 Å². The molecular weight excluding hydrogens is 233 g/mol. The van der Waals surface area contributed by atoms with Crippen LogP contribution in [0, 0.1) is 5.82 Å². The van der Waals surface area contributed by atoms with Gasteiger partial charge < -0.3 is 5.11 Å². The maximum absolute atomic E-state index is 13.3. The van der Waals surface area contributed by atoms with Crippen molar-refractivity contribution in [3.63, 3.8) is 0 Å². The first-order valence-corrected chi connectivity index (χ1v) is 6.37. The van der Waals surface area contributed by atoms with Gasteiger partial charge in [-0.25, -0.2) is 17.5 Å². The molecular formula is C10H12FNO3S. The van der Waals surface area contributed by atoms with E-state index in [0.29, 0.717) is 12.8 Å².